The predicted molar refractivity (Wildman–Crippen MR) is 65.4 cm³/mol. The van der Waals surface area contributed by atoms with E-state index in [0.717, 1.165) is 12.8 Å². The Kier molecular flexibility index (Phi) is 3.15. The van der Waals surface area contributed by atoms with Gasteiger partial charge in [-0.05, 0) is 32.6 Å². The molecule has 0 radical (unpaired) electrons. The van der Waals surface area contributed by atoms with E-state index in [9.17, 15) is 9.59 Å². The fourth-order valence-corrected chi connectivity index (χ4v) is 3.16. The van der Waals surface area contributed by atoms with Gasteiger partial charge in [0.1, 0.15) is 11.6 Å². The average Bonchev–Trinajstić information content (AvgIpc) is 2.27. The summed E-state index contributed by atoms with van der Waals surface area (Å²) >= 11 is 0. The van der Waals surface area contributed by atoms with Crippen molar-refractivity contribution in [1.29, 1.82) is 0 Å². The third-order valence-corrected chi connectivity index (χ3v) is 4.07. The van der Waals surface area contributed by atoms with Crippen LogP contribution in [0.15, 0.2) is 0 Å². The number of carbonyl (C=O) groups is 2. The lowest BCUT2D eigenvalue weighted by molar-refractivity contribution is -0.154. The van der Waals surface area contributed by atoms with Crippen LogP contribution in [0.3, 0.4) is 0 Å². The average molecular weight is 238 g/mol. The van der Waals surface area contributed by atoms with Gasteiger partial charge in [-0.3, -0.25) is 9.59 Å². The first kappa shape index (κ1) is 12.4. The van der Waals surface area contributed by atoms with E-state index in [4.69, 9.17) is 0 Å². The molecule has 4 nitrogen and oxygen atoms in total. The van der Waals surface area contributed by atoms with Gasteiger partial charge in [-0.15, -0.1) is 0 Å². The van der Waals surface area contributed by atoms with Gasteiger partial charge in [0.2, 0.25) is 11.8 Å². The molecule has 0 aromatic heterocycles. The monoisotopic (exact) mass is 238 g/mol. The molecule has 1 atom stereocenters. The van der Waals surface area contributed by atoms with E-state index in [2.05, 4.69) is 5.32 Å². The number of rotatable bonds is 1. The molecule has 2 fully saturated rings. The number of piperazine rings is 1. The Bertz CT molecular complexity index is 332. The first-order valence-electron chi connectivity index (χ1n) is 6.53. The highest BCUT2D eigenvalue weighted by molar-refractivity contribution is 5.99. The van der Waals surface area contributed by atoms with Crippen molar-refractivity contribution >= 4 is 11.8 Å². The second-order valence-corrected chi connectivity index (χ2v) is 5.87. The van der Waals surface area contributed by atoms with E-state index in [1.807, 2.05) is 0 Å². The maximum atomic E-state index is 12.2. The Balaban J connectivity index is 2.17. The Hall–Kier alpha value is -1.06. The molecule has 1 saturated carbocycles. The fraction of sp³-hybridized carbons (Fsp3) is 0.846. The van der Waals surface area contributed by atoms with Gasteiger partial charge >= 0.3 is 0 Å². The lowest BCUT2D eigenvalue weighted by Gasteiger charge is -2.44. The van der Waals surface area contributed by atoms with Crippen molar-refractivity contribution < 1.29 is 9.59 Å². The van der Waals surface area contributed by atoms with Crippen molar-refractivity contribution in [2.24, 2.45) is 5.92 Å². The number of hydrogen-bond donors (Lipinski definition) is 1. The molecular formula is C13H22N2O2. The standard InChI is InChI=1S/C13H22N2O2/c1-13(2)12(17)15(3)10(11(16)14-13)9-7-5-4-6-8-9/h9-10H,4-8H2,1-3H3,(H,14,16). The summed E-state index contributed by atoms with van der Waals surface area (Å²) in [5.74, 6) is 0.380. The van der Waals surface area contributed by atoms with Gasteiger partial charge < -0.3 is 10.2 Å². The summed E-state index contributed by atoms with van der Waals surface area (Å²) in [6.07, 6.45) is 5.75. The van der Waals surface area contributed by atoms with Crippen LogP contribution in [0.25, 0.3) is 0 Å². The summed E-state index contributed by atoms with van der Waals surface area (Å²) in [5.41, 5.74) is -0.753. The number of carbonyl (C=O) groups excluding carboxylic acids is 2. The molecule has 17 heavy (non-hydrogen) atoms. The molecule has 2 aliphatic rings. The van der Waals surface area contributed by atoms with E-state index >= 15 is 0 Å². The van der Waals surface area contributed by atoms with Crippen molar-refractivity contribution in [3.05, 3.63) is 0 Å². The number of nitrogens with zero attached hydrogens (tertiary/aromatic N) is 1. The third kappa shape index (κ3) is 2.17. The van der Waals surface area contributed by atoms with Crippen molar-refractivity contribution in [1.82, 2.24) is 10.2 Å². The van der Waals surface area contributed by atoms with Gasteiger partial charge in [-0.25, -0.2) is 0 Å². The Morgan fingerprint density at radius 3 is 2.35 bits per heavy atom. The van der Waals surface area contributed by atoms with Crippen LogP contribution in [0.5, 0.6) is 0 Å². The number of amides is 2. The molecule has 2 amide bonds. The van der Waals surface area contributed by atoms with Gasteiger partial charge in [-0.1, -0.05) is 19.3 Å². The minimum absolute atomic E-state index is 0.0176. The quantitative estimate of drug-likeness (QED) is 0.748. The fourth-order valence-electron chi connectivity index (χ4n) is 3.16. The van der Waals surface area contributed by atoms with Crippen LogP contribution >= 0.6 is 0 Å². The molecule has 1 N–H and O–H groups in total. The Morgan fingerprint density at radius 1 is 1.18 bits per heavy atom. The van der Waals surface area contributed by atoms with Crippen LogP contribution in [0, 0.1) is 5.92 Å². The summed E-state index contributed by atoms with van der Waals surface area (Å²) in [7, 11) is 1.77. The molecule has 1 aliphatic carbocycles. The van der Waals surface area contributed by atoms with Crippen LogP contribution in [0.1, 0.15) is 46.0 Å². The van der Waals surface area contributed by atoms with Crippen molar-refractivity contribution in [2.45, 2.75) is 57.5 Å². The summed E-state index contributed by atoms with van der Waals surface area (Å²) in [6.45, 7) is 3.53. The lowest BCUT2D eigenvalue weighted by Crippen LogP contribution is -2.68. The normalized spacial score (nSPS) is 30.3. The molecular weight excluding hydrogens is 216 g/mol. The summed E-state index contributed by atoms with van der Waals surface area (Å²) in [4.78, 5) is 26.0. The lowest BCUT2D eigenvalue weighted by atomic mass is 9.81. The first-order valence-corrected chi connectivity index (χ1v) is 6.53. The molecule has 1 heterocycles. The highest BCUT2D eigenvalue weighted by atomic mass is 16.2. The largest absolute Gasteiger partial charge is 0.340 e. The molecule has 0 aromatic rings. The Morgan fingerprint density at radius 2 is 1.76 bits per heavy atom. The smallest absolute Gasteiger partial charge is 0.248 e. The summed E-state index contributed by atoms with van der Waals surface area (Å²) in [5, 5.41) is 2.85. The van der Waals surface area contributed by atoms with Crippen LogP contribution in [0.2, 0.25) is 0 Å². The topological polar surface area (TPSA) is 49.4 Å². The maximum Gasteiger partial charge on any atom is 0.248 e. The minimum Gasteiger partial charge on any atom is -0.340 e. The zero-order valence-electron chi connectivity index (χ0n) is 11.0. The molecule has 1 unspecified atom stereocenters. The molecule has 0 spiro atoms. The number of nitrogens with one attached hydrogen (secondary N) is 1. The molecule has 0 bridgehead atoms. The van der Waals surface area contributed by atoms with Gasteiger partial charge in [0.25, 0.3) is 0 Å². The molecule has 0 aromatic carbocycles. The van der Waals surface area contributed by atoms with Crippen LogP contribution in [0.4, 0.5) is 0 Å². The van der Waals surface area contributed by atoms with Crippen molar-refractivity contribution in [3.63, 3.8) is 0 Å². The van der Waals surface area contributed by atoms with Crippen LogP contribution in [-0.4, -0.2) is 35.3 Å². The van der Waals surface area contributed by atoms with Crippen molar-refractivity contribution in [2.75, 3.05) is 7.05 Å². The second-order valence-electron chi connectivity index (χ2n) is 5.87. The summed E-state index contributed by atoms with van der Waals surface area (Å²) < 4.78 is 0. The maximum absolute atomic E-state index is 12.2. The number of likely N-dealkylation sites (N-methyl/N-ethyl adjacent to an activating group) is 1. The van der Waals surface area contributed by atoms with Gasteiger partial charge in [-0.2, -0.15) is 0 Å². The molecule has 1 saturated heterocycles. The third-order valence-electron chi connectivity index (χ3n) is 4.07. The van der Waals surface area contributed by atoms with E-state index in [1.54, 1.807) is 25.8 Å². The Labute approximate surface area is 103 Å². The second kappa shape index (κ2) is 4.31. The minimum atomic E-state index is -0.753. The molecule has 96 valence electrons. The highest BCUT2D eigenvalue weighted by Gasteiger charge is 2.46. The van der Waals surface area contributed by atoms with Gasteiger partial charge in [0, 0.05) is 7.05 Å². The molecule has 4 heteroatoms. The van der Waals surface area contributed by atoms with E-state index in [1.165, 1.54) is 19.3 Å². The van der Waals surface area contributed by atoms with E-state index < -0.39 is 5.54 Å². The van der Waals surface area contributed by atoms with E-state index in [0.29, 0.717) is 5.92 Å². The first-order chi connectivity index (χ1) is 7.93. The van der Waals surface area contributed by atoms with Crippen LogP contribution in [-0.2, 0) is 9.59 Å². The van der Waals surface area contributed by atoms with Gasteiger partial charge in [0.05, 0.1) is 0 Å². The van der Waals surface area contributed by atoms with Crippen molar-refractivity contribution in [3.8, 4) is 0 Å². The zero-order chi connectivity index (χ0) is 12.6. The predicted octanol–water partition coefficient (Wildman–Crippen LogP) is 1.30. The van der Waals surface area contributed by atoms with E-state index in [-0.39, 0.29) is 17.9 Å². The van der Waals surface area contributed by atoms with Gasteiger partial charge in [0.15, 0.2) is 0 Å². The number of hydrogen-bond acceptors (Lipinski definition) is 2. The highest BCUT2D eigenvalue weighted by Crippen LogP contribution is 2.31. The zero-order valence-corrected chi connectivity index (χ0v) is 11.0. The molecule has 1 aliphatic heterocycles. The molecule has 2 rings (SSSR count). The summed E-state index contributed by atoms with van der Waals surface area (Å²) in [6, 6.07) is -0.254. The van der Waals surface area contributed by atoms with Crippen LogP contribution < -0.4 is 5.32 Å². The SMILES string of the molecule is CN1C(=O)C(C)(C)NC(=O)C1C1CCCCC1.